The van der Waals surface area contributed by atoms with Gasteiger partial charge in [-0.1, -0.05) is 56.3 Å². The van der Waals surface area contributed by atoms with Crippen LogP contribution in [0.2, 0.25) is 0 Å². The maximum Gasteiger partial charge on any atom is 0.245 e. The van der Waals surface area contributed by atoms with E-state index < -0.39 is 5.82 Å². The van der Waals surface area contributed by atoms with Crippen molar-refractivity contribution in [2.45, 2.75) is 26.4 Å². The molecule has 4 aromatic rings. The Kier molecular flexibility index (Phi) is 5.36. The van der Waals surface area contributed by atoms with Crippen LogP contribution in [-0.4, -0.2) is 5.21 Å². The molecular weight excluding hydrogens is 384 g/mol. The van der Waals surface area contributed by atoms with E-state index in [1.807, 2.05) is 44.2 Å². The normalized spacial score (nSPS) is 11.2. The zero-order valence-corrected chi connectivity index (χ0v) is 16.8. The number of nitrogens with zero attached hydrogens (tertiary/aromatic N) is 1. The third-order valence-corrected chi connectivity index (χ3v) is 5.08. The van der Waals surface area contributed by atoms with Crippen LogP contribution in [0.25, 0.3) is 21.9 Å². The minimum Gasteiger partial charge on any atom is -0.486 e. The molecule has 0 atom stereocenters. The highest BCUT2D eigenvalue weighted by atomic mass is 19.1. The summed E-state index contributed by atoms with van der Waals surface area (Å²) in [6, 6.07) is 18.9. The van der Waals surface area contributed by atoms with Gasteiger partial charge in [-0.15, -0.1) is 0 Å². The zero-order valence-electron chi connectivity index (χ0n) is 16.8. The highest BCUT2D eigenvalue weighted by molar-refractivity contribution is 5.97. The van der Waals surface area contributed by atoms with E-state index >= 15 is 4.39 Å². The second-order valence-electron chi connectivity index (χ2n) is 7.51. The first kappa shape index (κ1) is 19.8. The first-order chi connectivity index (χ1) is 14.5. The first-order valence-corrected chi connectivity index (χ1v) is 9.78. The third-order valence-electron chi connectivity index (χ3n) is 5.08. The van der Waals surface area contributed by atoms with E-state index in [-0.39, 0.29) is 29.5 Å². The van der Waals surface area contributed by atoms with Gasteiger partial charge in [-0.05, 0) is 35.4 Å². The molecule has 1 heterocycles. The van der Waals surface area contributed by atoms with Gasteiger partial charge in [-0.3, -0.25) is 5.21 Å². The number of halogens is 2. The zero-order chi connectivity index (χ0) is 21.3. The van der Waals surface area contributed by atoms with E-state index in [0.29, 0.717) is 22.2 Å². The summed E-state index contributed by atoms with van der Waals surface area (Å²) in [6.07, 6.45) is 1.36. The maximum atomic E-state index is 15.3. The van der Waals surface area contributed by atoms with Crippen molar-refractivity contribution in [2.75, 3.05) is 0 Å². The van der Waals surface area contributed by atoms with E-state index in [1.54, 1.807) is 24.3 Å². The lowest BCUT2D eigenvalue weighted by atomic mass is 9.92. The second kappa shape index (κ2) is 8.11. The number of hydrogen-bond donors (Lipinski definition) is 1. The lowest BCUT2D eigenvalue weighted by Crippen LogP contribution is -2.36. The summed E-state index contributed by atoms with van der Waals surface area (Å²) >= 11 is 0. The number of aromatic nitrogens is 1. The van der Waals surface area contributed by atoms with Gasteiger partial charge in [0, 0.05) is 16.0 Å². The molecule has 152 valence electrons. The molecule has 0 aliphatic heterocycles. The minimum absolute atomic E-state index is 0.0449. The van der Waals surface area contributed by atoms with Crippen molar-refractivity contribution >= 4 is 10.8 Å². The molecule has 0 unspecified atom stereocenters. The number of pyridine rings is 1. The average Bonchev–Trinajstić information content (AvgIpc) is 2.74. The molecule has 0 saturated heterocycles. The molecule has 0 amide bonds. The van der Waals surface area contributed by atoms with Crippen LogP contribution in [0.4, 0.5) is 8.78 Å². The molecule has 0 radical (unpaired) electrons. The van der Waals surface area contributed by atoms with E-state index in [2.05, 4.69) is 0 Å². The van der Waals surface area contributed by atoms with Crippen LogP contribution in [0, 0.1) is 11.6 Å². The smallest absolute Gasteiger partial charge is 0.245 e. The molecule has 3 aromatic carbocycles. The third kappa shape index (κ3) is 3.71. The summed E-state index contributed by atoms with van der Waals surface area (Å²) in [7, 11) is 0. The quantitative estimate of drug-likeness (QED) is 0.325. The van der Waals surface area contributed by atoms with Gasteiger partial charge < -0.3 is 4.74 Å². The van der Waals surface area contributed by atoms with Crippen molar-refractivity contribution < 1.29 is 23.5 Å². The van der Waals surface area contributed by atoms with Crippen LogP contribution in [0.3, 0.4) is 0 Å². The Balaban J connectivity index is 1.86. The van der Waals surface area contributed by atoms with E-state index in [0.717, 1.165) is 10.3 Å². The van der Waals surface area contributed by atoms with Gasteiger partial charge in [0.15, 0.2) is 11.6 Å². The Morgan fingerprint density at radius 1 is 0.900 bits per heavy atom. The molecule has 30 heavy (non-hydrogen) atoms. The summed E-state index contributed by atoms with van der Waals surface area (Å²) in [6.45, 7) is 4.11. The topological polar surface area (TPSA) is 33.3 Å². The van der Waals surface area contributed by atoms with Gasteiger partial charge in [0.05, 0.1) is 10.9 Å². The molecule has 0 saturated carbocycles. The lowest BCUT2D eigenvalue weighted by molar-refractivity contribution is -0.909. The van der Waals surface area contributed by atoms with Crippen LogP contribution in [-0.2, 0) is 6.61 Å². The molecule has 0 aliphatic rings. The second-order valence-corrected chi connectivity index (χ2v) is 7.51. The molecule has 0 fully saturated rings. The Morgan fingerprint density at radius 2 is 1.60 bits per heavy atom. The van der Waals surface area contributed by atoms with E-state index in [1.165, 1.54) is 18.3 Å². The number of benzene rings is 3. The van der Waals surface area contributed by atoms with Crippen LogP contribution >= 0.6 is 0 Å². The van der Waals surface area contributed by atoms with Crippen LogP contribution in [0.1, 0.15) is 31.0 Å². The molecule has 1 N–H and O–H groups in total. The highest BCUT2D eigenvalue weighted by Gasteiger charge is 2.27. The van der Waals surface area contributed by atoms with Gasteiger partial charge in [-0.2, -0.15) is 0 Å². The SMILES string of the molecule is CC(C)c1c(-c2ccc(F)cc2)c2ccc(OCc3ccccc3)c(F)c2c[n+]1O. The molecule has 1 aromatic heterocycles. The van der Waals surface area contributed by atoms with Gasteiger partial charge in [0.2, 0.25) is 11.9 Å². The van der Waals surface area contributed by atoms with Crippen LogP contribution < -0.4 is 9.47 Å². The molecule has 0 bridgehead atoms. The highest BCUT2D eigenvalue weighted by Crippen LogP contribution is 2.37. The molecule has 4 rings (SSSR count). The van der Waals surface area contributed by atoms with Gasteiger partial charge in [-0.25, -0.2) is 8.78 Å². The molecule has 5 heteroatoms. The summed E-state index contributed by atoms with van der Waals surface area (Å²) in [5.74, 6) is -0.847. The molecule has 3 nitrogen and oxygen atoms in total. The predicted octanol–water partition coefficient (Wildman–Crippen LogP) is 6.01. The van der Waals surface area contributed by atoms with Crippen molar-refractivity contribution in [2.24, 2.45) is 0 Å². The number of hydrogen-bond acceptors (Lipinski definition) is 2. The average molecular weight is 406 g/mol. The van der Waals surface area contributed by atoms with Crippen LogP contribution in [0.5, 0.6) is 5.75 Å². The van der Waals surface area contributed by atoms with Crippen molar-refractivity contribution in [1.82, 2.24) is 0 Å². The van der Waals surface area contributed by atoms with Crippen molar-refractivity contribution in [1.29, 1.82) is 0 Å². The minimum atomic E-state index is -0.551. The Bertz CT molecular complexity index is 1190. The van der Waals surface area contributed by atoms with Gasteiger partial charge in [0.1, 0.15) is 12.4 Å². The Labute approximate surface area is 173 Å². The monoisotopic (exact) mass is 406 g/mol. The number of rotatable bonds is 5. The Hall–Kier alpha value is -3.47. The molecular formula is C25H22F2NO2+. The van der Waals surface area contributed by atoms with Crippen LogP contribution in [0.15, 0.2) is 72.9 Å². The van der Waals surface area contributed by atoms with Crippen molar-refractivity contribution in [3.8, 4) is 16.9 Å². The van der Waals surface area contributed by atoms with Gasteiger partial charge >= 0.3 is 0 Å². The fraction of sp³-hybridized carbons (Fsp3) is 0.160. The predicted molar refractivity (Wildman–Crippen MR) is 112 cm³/mol. The number of fused-ring (bicyclic) bond motifs is 1. The van der Waals surface area contributed by atoms with E-state index in [4.69, 9.17) is 4.74 Å². The molecule has 0 aliphatic carbocycles. The summed E-state index contributed by atoms with van der Waals surface area (Å²) < 4.78 is 35.4. The largest absolute Gasteiger partial charge is 0.486 e. The fourth-order valence-electron chi connectivity index (χ4n) is 3.68. The lowest BCUT2D eigenvalue weighted by Gasteiger charge is -2.14. The standard InChI is InChI=1S/C25H22F2NO2/c1-16(2)25-23(18-8-10-19(26)11-9-18)20-12-13-22(24(27)21(20)14-28(25)29)30-15-17-6-4-3-5-7-17/h3-14,16,29H,15H2,1-2H3/q+1. The summed E-state index contributed by atoms with van der Waals surface area (Å²) in [5.41, 5.74) is 2.91. The molecule has 0 spiro atoms. The van der Waals surface area contributed by atoms with E-state index in [9.17, 15) is 9.60 Å². The maximum absolute atomic E-state index is 15.3. The summed E-state index contributed by atoms with van der Waals surface area (Å²) in [4.78, 5) is 0. The number of ether oxygens (including phenoxy) is 1. The van der Waals surface area contributed by atoms with Gasteiger partial charge in [0.25, 0.3) is 0 Å². The van der Waals surface area contributed by atoms with Crippen molar-refractivity contribution in [3.63, 3.8) is 0 Å². The van der Waals surface area contributed by atoms with Crippen molar-refractivity contribution in [3.05, 3.63) is 95.8 Å². The fourth-order valence-corrected chi connectivity index (χ4v) is 3.68. The Morgan fingerprint density at radius 3 is 2.27 bits per heavy atom. The summed E-state index contributed by atoms with van der Waals surface area (Å²) in [5, 5.41) is 11.5. The first-order valence-electron chi connectivity index (χ1n) is 9.78.